The maximum Gasteiger partial charge on any atom is 0.237 e. The Balaban J connectivity index is 2.64. The molecule has 15 heavy (non-hydrogen) atoms. The minimum atomic E-state index is -0.374. The minimum absolute atomic E-state index is 0.374. The van der Waals surface area contributed by atoms with Gasteiger partial charge in [-0.25, -0.2) is 0 Å². The number of ether oxygens (including phenoxy) is 3. The molecule has 0 aliphatic rings. The van der Waals surface area contributed by atoms with Crippen molar-refractivity contribution in [1.82, 2.24) is 0 Å². The molecule has 1 rings (SSSR count). The van der Waals surface area contributed by atoms with E-state index in [9.17, 15) is 0 Å². The fourth-order valence-corrected chi connectivity index (χ4v) is 1.07. The van der Waals surface area contributed by atoms with Gasteiger partial charge in [-0.2, -0.15) is 0 Å². The van der Waals surface area contributed by atoms with Gasteiger partial charge in [-0.05, 0) is 12.1 Å². The van der Waals surface area contributed by atoms with Crippen LogP contribution in [0.3, 0.4) is 0 Å². The summed E-state index contributed by atoms with van der Waals surface area (Å²) in [5, 5.41) is 0. The van der Waals surface area contributed by atoms with E-state index in [1.165, 1.54) is 12.5 Å². The molecule has 1 aromatic rings. The molecule has 3 nitrogen and oxygen atoms in total. The summed E-state index contributed by atoms with van der Waals surface area (Å²) in [6.07, 6.45) is 2.33. The van der Waals surface area contributed by atoms with Crippen molar-refractivity contribution >= 4 is 0 Å². The molecule has 0 bridgehead atoms. The molecule has 3 heteroatoms. The van der Waals surface area contributed by atoms with Crippen molar-refractivity contribution in [2.45, 2.75) is 13.2 Å². The van der Waals surface area contributed by atoms with Crippen LogP contribution in [0.1, 0.15) is 6.92 Å². The molecule has 0 aliphatic heterocycles. The maximum atomic E-state index is 5.43. The van der Waals surface area contributed by atoms with Crippen LogP contribution in [-0.4, -0.2) is 6.29 Å². The fourth-order valence-electron chi connectivity index (χ4n) is 1.07. The summed E-state index contributed by atoms with van der Waals surface area (Å²) in [4.78, 5) is 0. The van der Waals surface area contributed by atoms with E-state index in [2.05, 4.69) is 13.2 Å². The number of hydrogen-bond donors (Lipinski definition) is 0. The lowest BCUT2D eigenvalue weighted by Crippen LogP contribution is -2.12. The average Bonchev–Trinajstić information content (AvgIpc) is 2.19. The topological polar surface area (TPSA) is 27.7 Å². The Morgan fingerprint density at radius 2 is 1.93 bits per heavy atom. The first-order valence-corrected chi connectivity index (χ1v) is 4.57. The predicted octanol–water partition coefficient (Wildman–Crippen LogP) is 3.09. The zero-order chi connectivity index (χ0) is 11.1. The zero-order valence-corrected chi connectivity index (χ0v) is 8.68. The van der Waals surface area contributed by atoms with Gasteiger partial charge in [0.15, 0.2) is 0 Å². The quantitative estimate of drug-likeness (QED) is 0.528. The highest BCUT2D eigenvalue weighted by atomic mass is 16.7. The Kier molecular flexibility index (Phi) is 4.29. The van der Waals surface area contributed by atoms with Gasteiger partial charge in [0.1, 0.15) is 11.5 Å². The molecule has 0 amide bonds. The number of hydrogen-bond acceptors (Lipinski definition) is 3. The Morgan fingerprint density at radius 3 is 2.60 bits per heavy atom. The molecule has 0 heterocycles. The Hall–Kier alpha value is -1.90. The van der Waals surface area contributed by atoms with E-state index >= 15 is 0 Å². The van der Waals surface area contributed by atoms with Crippen LogP contribution in [0, 0.1) is 0 Å². The highest BCUT2D eigenvalue weighted by molar-refractivity contribution is 5.33. The third-order valence-electron chi connectivity index (χ3n) is 1.61. The van der Waals surface area contributed by atoms with Crippen LogP contribution in [-0.2, 0) is 4.74 Å². The second-order valence-corrected chi connectivity index (χ2v) is 2.75. The van der Waals surface area contributed by atoms with Crippen molar-refractivity contribution in [3.63, 3.8) is 0 Å². The zero-order valence-electron chi connectivity index (χ0n) is 8.68. The van der Waals surface area contributed by atoms with Gasteiger partial charge in [0, 0.05) is 13.0 Å². The smallest absolute Gasteiger partial charge is 0.237 e. The summed E-state index contributed by atoms with van der Waals surface area (Å²) in [7, 11) is 0. The molecular formula is C12H14O3. The van der Waals surface area contributed by atoms with Crippen molar-refractivity contribution in [3.05, 3.63) is 49.9 Å². The molecule has 0 aromatic heterocycles. The van der Waals surface area contributed by atoms with Gasteiger partial charge >= 0.3 is 0 Å². The summed E-state index contributed by atoms with van der Waals surface area (Å²) < 4.78 is 15.6. The summed E-state index contributed by atoms with van der Waals surface area (Å²) in [5.41, 5.74) is 0. The van der Waals surface area contributed by atoms with E-state index < -0.39 is 0 Å². The van der Waals surface area contributed by atoms with Crippen LogP contribution < -0.4 is 9.47 Å². The number of rotatable bonds is 6. The molecule has 0 spiro atoms. The molecule has 0 fully saturated rings. The van der Waals surface area contributed by atoms with Crippen molar-refractivity contribution < 1.29 is 14.2 Å². The van der Waals surface area contributed by atoms with Crippen LogP contribution in [0.5, 0.6) is 11.5 Å². The third-order valence-corrected chi connectivity index (χ3v) is 1.61. The maximum absolute atomic E-state index is 5.43. The lowest BCUT2D eigenvalue weighted by Gasteiger charge is -2.13. The Morgan fingerprint density at radius 1 is 1.20 bits per heavy atom. The second kappa shape index (κ2) is 5.75. The summed E-state index contributed by atoms with van der Waals surface area (Å²) in [6, 6.07) is 7.21. The van der Waals surface area contributed by atoms with Crippen LogP contribution in [0.2, 0.25) is 0 Å². The predicted molar refractivity (Wildman–Crippen MR) is 58.6 cm³/mol. The highest BCUT2D eigenvalue weighted by Gasteiger charge is 2.02. The van der Waals surface area contributed by atoms with Crippen LogP contribution in [0.15, 0.2) is 49.9 Å². The molecule has 1 aromatic carbocycles. The number of benzene rings is 1. The lowest BCUT2D eigenvalue weighted by molar-refractivity contribution is -0.0132. The highest BCUT2D eigenvalue weighted by Crippen LogP contribution is 2.20. The molecule has 0 saturated heterocycles. The first-order chi connectivity index (χ1) is 7.26. The molecule has 80 valence electrons. The van der Waals surface area contributed by atoms with Crippen LogP contribution in [0.4, 0.5) is 0 Å². The van der Waals surface area contributed by atoms with E-state index in [1.807, 2.05) is 18.2 Å². The van der Waals surface area contributed by atoms with E-state index in [4.69, 9.17) is 14.2 Å². The van der Waals surface area contributed by atoms with Gasteiger partial charge in [-0.15, -0.1) is 0 Å². The average molecular weight is 206 g/mol. The molecule has 0 saturated carbocycles. The summed E-state index contributed by atoms with van der Waals surface area (Å²) >= 11 is 0. The van der Waals surface area contributed by atoms with E-state index in [0.29, 0.717) is 11.5 Å². The van der Waals surface area contributed by atoms with Gasteiger partial charge in [-0.1, -0.05) is 19.2 Å². The molecule has 1 unspecified atom stereocenters. The minimum Gasteiger partial charge on any atom is -0.465 e. The van der Waals surface area contributed by atoms with Crippen molar-refractivity contribution in [2.24, 2.45) is 0 Å². The third kappa shape index (κ3) is 3.77. The first-order valence-electron chi connectivity index (χ1n) is 4.57. The second-order valence-electron chi connectivity index (χ2n) is 2.75. The molecule has 0 N–H and O–H groups in total. The normalized spacial score (nSPS) is 11.3. The fraction of sp³-hybridized carbons (Fsp3) is 0.167. The largest absolute Gasteiger partial charge is 0.465 e. The van der Waals surface area contributed by atoms with E-state index in [-0.39, 0.29) is 6.29 Å². The van der Waals surface area contributed by atoms with Crippen molar-refractivity contribution in [1.29, 1.82) is 0 Å². The van der Waals surface area contributed by atoms with Crippen LogP contribution >= 0.6 is 0 Å². The molecular weight excluding hydrogens is 192 g/mol. The van der Waals surface area contributed by atoms with Gasteiger partial charge in [0.05, 0.1) is 12.5 Å². The Bertz CT molecular complexity index is 333. The van der Waals surface area contributed by atoms with Gasteiger partial charge in [-0.3, -0.25) is 0 Å². The molecule has 1 atom stereocenters. The van der Waals surface area contributed by atoms with Gasteiger partial charge < -0.3 is 14.2 Å². The van der Waals surface area contributed by atoms with Crippen LogP contribution in [0.25, 0.3) is 0 Å². The lowest BCUT2D eigenvalue weighted by atomic mass is 10.3. The summed E-state index contributed by atoms with van der Waals surface area (Å²) in [5.74, 6) is 1.34. The van der Waals surface area contributed by atoms with E-state index in [1.54, 1.807) is 13.0 Å². The van der Waals surface area contributed by atoms with Gasteiger partial charge in [0.2, 0.25) is 6.29 Å². The standard InChI is InChI=1S/C12H14O3/c1-4-13-10(3)15-12-8-6-7-11(9-12)14-5-2/h4-10H,1-2H2,3H3. The van der Waals surface area contributed by atoms with E-state index in [0.717, 1.165) is 0 Å². The van der Waals surface area contributed by atoms with Gasteiger partial charge in [0.25, 0.3) is 0 Å². The SMILES string of the molecule is C=COc1cccc(OC(C)OC=C)c1. The molecule has 0 radical (unpaired) electrons. The molecule has 0 aliphatic carbocycles. The Labute approximate surface area is 89.6 Å². The summed E-state index contributed by atoms with van der Waals surface area (Å²) in [6.45, 7) is 8.70. The monoisotopic (exact) mass is 206 g/mol. The van der Waals surface area contributed by atoms with Crippen molar-refractivity contribution in [2.75, 3.05) is 0 Å². The van der Waals surface area contributed by atoms with Crippen molar-refractivity contribution in [3.8, 4) is 11.5 Å². The first kappa shape index (κ1) is 11.2.